The number of rotatable bonds is 10. The second-order valence-corrected chi connectivity index (χ2v) is 5.92. The van der Waals surface area contributed by atoms with E-state index in [1.807, 2.05) is 45.0 Å². The van der Waals surface area contributed by atoms with E-state index < -0.39 is 0 Å². The lowest BCUT2D eigenvalue weighted by molar-refractivity contribution is -0.114. The van der Waals surface area contributed by atoms with Gasteiger partial charge in [0.2, 0.25) is 0 Å². The van der Waals surface area contributed by atoms with Crippen LogP contribution in [0.5, 0.6) is 0 Å². The average molecular weight is 388 g/mol. The van der Waals surface area contributed by atoms with Gasteiger partial charge in [0.15, 0.2) is 5.71 Å². The van der Waals surface area contributed by atoms with E-state index in [1.54, 1.807) is 13.0 Å². The number of amides is 1. The number of hydrogen-bond acceptors (Lipinski definition) is 7. The first kappa shape index (κ1) is 22.9. The summed E-state index contributed by atoms with van der Waals surface area (Å²) in [7, 11) is 2.92. The molecule has 0 radical (unpaired) electrons. The minimum Gasteiger partial charge on any atom is -0.398 e. The predicted molar refractivity (Wildman–Crippen MR) is 110 cm³/mol. The van der Waals surface area contributed by atoms with Crippen molar-refractivity contribution in [3.05, 3.63) is 47.0 Å². The smallest absolute Gasteiger partial charge is 0.273 e. The average Bonchev–Trinajstić information content (AvgIpc) is 2.68. The summed E-state index contributed by atoms with van der Waals surface area (Å²) in [6.07, 6.45) is 1.86. The van der Waals surface area contributed by atoms with Crippen molar-refractivity contribution in [3.63, 3.8) is 0 Å². The molecule has 1 amide bonds. The molecule has 0 saturated carbocycles. The molecule has 0 aromatic heterocycles. The number of nitrogens with zero attached hydrogens (tertiary/aromatic N) is 3. The molecule has 1 rings (SSSR count). The van der Waals surface area contributed by atoms with Gasteiger partial charge in [-0.25, -0.2) is 0 Å². The monoisotopic (exact) mass is 388 g/mol. The molecule has 0 bridgehead atoms. The fourth-order valence-electron chi connectivity index (χ4n) is 2.15. The van der Waals surface area contributed by atoms with E-state index in [4.69, 9.17) is 14.5 Å². The van der Waals surface area contributed by atoms with Gasteiger partial charge in [-0.3, -0.25) is 4.79 Å². The van der Waals surface area contributed by atoms with E-state index in [2.05, 4.69) is 20.8 Å². The third kappa shape index (κ3) is 7.22. The zero-order valence-corrected chi connectivity index (χ0v) is 17.3. The summed E-state index contributed by atoms with van der Waals surface area (Å²) in [4.78, 5) is 27.5. The van der Waals surface area contributed by atoms with Crippen LogP contribution in [0.2, 0.25) is 0 Å². The van der Waals surface area contributed by atoms with Crippen LogP contribution < -0.4 is 5.32 Å². The Labute approximate surface area is 165 Å². The highest BCUT2D eigenvalue weighted by molar-refractivity contribution is 6.46. The highest BCUT2D eigenvalue weighted by atomic mass is 16.6. The lowest BCUT2D eigenvalue weighted by atomic mass is 10.0. The number of likely N-dealkylation sites (N-methyl/N-ethyl adjacent to an activating group) is 1. The summed E-state index contributed by atoms with van der Waals surface area (Å²) < 4.78 is 0. The van der Waals surface area contributed by atoms with E-state index >= 15 is 0 Å². The minimum absolute atomic E-state index is 0.143. The summed E-state index contributed by atoms with van der Waals surface area (Å²) in [5.41, 5.74) is 3.72. The lowest BCUT2D eigenvalue weighted by Gasteiger charge is -2.10. The van der Waals surface area contributed by atoms with Crippen LogP contribution in [-0.4, -0.2) is 43.8 Å². The molecule has 1 N–H and O–H groups in total. The van der Waals surface area contributed by atoms with Gasteiger partial charge in [-0.15, -0.1) is 0 Å². The van der Waals surface area contributed by atoms with Crippen molar-refractivity contribution in [2.75, 3.05) is 20.8 Å². The first-order valence-corrected chi connectivity index (χ1v) is 8.87. The summed E-state index contributed by atoms with van der Waals surface area (Å²) in [6, 6.07) is 7.26. The highest BCUT2D eigenvalue weighted by Crippen LogP contribution is 2.13. The Morgan fingerprint density at radius 3 is 2.43 bits per heavy atom. The zero-order chi connectivity index (χ0) is 20.9. The van der Waals surface area contributed by atoms with Crippen LogP contribution >= 0.6 is 0 Å². The van der Waals surface area contributed by atoms with Crippen molar-refractivity contribution in [1.82, 2.24) is 5.32 Å². The summed E-state index contributed by atoms with van der Waals surface area (Å²) in [5.74, 6) is -0.358. The van der Waals surface area contributed by atoms with Crippen molar-refractivity contribution in [3.8, 4) is 0 Å². The SMILES string of the molecule is CCO/N=C(C=C(C)C)\C(C)=N/OCc1ccccc1/C(=N/OC)C(=O)NC. The van der Waals surface area contributed by atoms with Crippen LogP contribution in [0.25, 0.3) is 0 Å². The maximum atomic E-state index is 12.1. The molecule has 8 nitrogen and oxygen atoms in total. The van der Waals surface area contributed by atoms with Gasteiger partial charge in [0.25, 0.3) is 5.91 Å². The van der Waals surface area contributed by atoms with Gasteiger partial charge >= 0.3 is 0 Å². The fourth-order valence-corrected chi connectivity index (χ4v) is 2.15. The van der Waals surface area contributed by atoms with Gasteiger partial charge in [-0.05, 0) is 33.8 Å². The number of benzene rings is 1. The Morgan fingerprint density at radius 2 is 1.82 bits per heavy atom. The molecule has 1 aromatic rings. The Kier molecular flexibility index (Phi) is 10.0. The minimum atomic E-state index is -0.358. The van der Waals surface area contributed by atoms with E-state index in [0.29, 0.717) is 23.6 Å². The number of oxime groups is 3. The van der Waals surface area contributed by atoms with E-state index in [0.717, 1.165) is 11.1 Å². The van der Waals surface area contributed by atoms with Crippen molar-refractivity contribution in [1.29, 1.82) is 0 Å². The maximum Gasteiger partial charge on any atom is 0.273 e. The molecule has 152 valence electrons. The Hall–Kier alpha value is -3.16. The van der Waals surface area contributed by atoms with E-state index in [9.17, 15) is 4.79 Å². The predicted octanol–water partition coefficient (Wildman–Crippen LogP) is 3.03. The van der Waals surface area contributed by atoms with Crippen LogP contribution in [0.15, 0.2) is 51.4 Å². The second kappa shape index (κ2) is 12.3. The van der Waals surface area contributed by atoms with E-state index in [-0.39, 0.29) is 18.2 Å². The van der Waals surface area contributed by atoms with Gasteiger partial charge in [0.1, 0.15) is 31.7 Å². The Morgan fingerprint density at radius 1 is 1.11 bits per heavy atom. The Bertz CT molecular complexity index is 778. The molecular formula is C20H28N4O4. The standard InChI is InChI=1S/C20H28N4O4/c1-7-27-23-18(12-14(2)3)15(4)22-28-13-16-10-8-9-11-17(16)19(24-26-6)20(25)21-5/h8-12H,7,13H2,1-6H3,(H,21,25)/b22-15-,23-18-,24-19-. The summed E-state index contributed by atoms with van der Waals surface area (Å²) >= 11 is 0. The van der Waals surface area contributed by atoms with Crippen LogP contribution in [0.1, 0.15) is 38.8 Å². The lowest BCUT2D eigenvalue weighted by Crippen LogP contribution is -2.29. The quantitative estimate of drug-likeness (QED) is 0.492. The van der Waals surface area contributed by atoms with Gasteiger partial charge in [0.05, 0.1) is 0 Å². The van der Waals surface area contributed by atoms with Crippen LogP contribution in [0, 0.1) is 0 Å². The normalized spacial score (nSPS) is 12.3. The molecule has 0 fully saturated rings. The van der Waals surface area contributed by atoms with Crippen molar-refractivity contribution < 1.29 is 19.3 Å². The van der Waals surface area contributed by atoms with Crippen molar-refractivity contribution >= 4 is 23.0 Å². The van der Waals surface area contributed by atoms with Gasteiger partial charge in [0, 0.05) is 18.2 Å². The molecule has 8 heteroatoms. The van der Waals surface area contributed by atoms with Crippen molar-refractivity contribution in [2.45, 2.75) is 34.3 Å². The molecule has 0 aliphatic carbocycles. The van der Waals surface area contributed by atoms with Gasteiger partial charge in [-0.2, -0.15) is 0 Å². The molecule has 0 heterocycles. The summed E-state index contributed by atoms with van der Waals surface area (Å²) in [6.45, 7) is 8.16. The summed E-state index contributed by atoms with van der Waals surface area (Å²) in [5, 5.41) is 14.6. The fraction of sp³-hybridized carbons (Fsp3) is 0.400. The van der Waals surface area contributed by atoms with Crippen LogP contribution in [0.4, 0.5) is 0 Å². The molecule has 0 spiro atoms. The first-order chi connectivity index (χ1) is 13.4. The molecule has 1 aromatic carbocycles. The first-order valence-electron chi connectivity index (χ1n) is 8.87. The van der Waals surface area contributed by atoms with Crippen LogP contribution in [0.3, 0.4) is 0 Å². The molecule has 0 aliphatic heterocycles. The topological polar surface area (TPSA) is 93.9 Å². The second-order valence-electron chi connectivity index (χ2n) is 5.92. The number of carbonyl (C=O) groups is 1. The largest absolute Gasteiger partial charge is 0.398 e. The highest BCUT2D eigenvalue weighted by Gasteiger charge is 2.17. The van der Waals surface area contributed by atoms with Crippen molar-refractivity contribution in [2.24, 2.45) is 15.5 Å². The van der Waals surface area contributed by atoms with Gasteiger partial charge in [-0.1, -0.05) is 45.3 Å². The molecule has 0 atom stereocenters. The third-order valence-corrected chi connectivity index (χ3v) is 3.41. The molecule has 0 unspecified atom stereocenters. The number of allylic oxidation sites excluding steroid dienone is 2. The molecule has 0 aliphatic rings. The molecular weight excluding hydrogens is 360 g/mol. The Balaban J connectivity index is 3.04. The number of carbonyl (C=O) groups excluding carboxylic acids is 1. The maximum absolute atomic E-state index is 12.1. The molecule has 0 saturated heterocycles. The van der Waals surface area contributed by atoms with E-state index in [1.165, 1.54) is 14.2 Å². The van der Waals surface area contributed by atoms with Crippen LogP contribution in [-0.2, 0) is 25.9 Å². The van der Waals surface area contributed by atoms with Gasteiger partial charge < -0.3 is 19.8 Å². The number of nitrogens with one attached hydrogen (secondary N) is 1. The zero-order valence-electron chi connectivity index (χ0n) is 17.3. The number of hydrogen-bond donors (Lipinski definition) is 1. The third-order valence-electron chi connectivity index (χ3n) is 3.41. The molecule has 28 heavy (non-hydrogen) atoms.